The molecule has 1 aromatic heterocycles. The third-order valence-electron chi connectivity index (χ3n) is 4.47. The van der Waals surface area contributed by atoms with E-state index in [0.29, 0.717) is 13.2 Å². The van der Waals surface area contributed by atoms with Crippen LogP contribution in [0.3, 0.4) is 0 Å². The molecule has 0 saturated heterocycles. The van der Waals surface area contributed by atoms with Crippen LogP contribution in [0.25, 0.3) is 0 Å². The lowest BCUT2D eigenvalue weighted by Crippen LogP contribution is -2.43. The Bertz CT molecular complexity index is 783. The van der Waals surface area contributed by atoms with Gasteiger partial charge in [0.05, 0.1) is 6.54 Å². The Morgan fingerprint density at radius 3 is 2.58 bits per heavy atom. The average Bonchev–Trinajstić information content (AvgIpc) is 3.06. The number of rotatable bonds is 5. The smallest absolute Gasteiger partial charge is 0.191 e. The Hall–Kier alpha value is -2.21. The van der Waals surface area contributed by atoms with E-state index in [9.17, 15) is 0 Å². The summed E-state index contributed by atoms with van der Waals surface area (Å²) in [5.41, 5.74) is 1.13. The van der Waals surface area contributed by atoms with E-state index in [-0.39, 0.29) is 5.41 Å². The van der Waals surface area contributed by atoms with Crippen molar-refractivity contribution in [3.63, 3.8) is 0 Å². The molecule has 1 aliphatic rings. The summed E-state index contributed by atoms with van der Waals surface area (Å²) in [6.45, 7) is 9.30. The number of aliphatic imine (C=N–C) groups is 1. The predicted octanol–water partition coefficient (Wildman–Crippen LogP) is 3.47. The minimum Gasteiger partial charge on any atom is -0.486 e. The summed E-state index contributed by atoms with van der Waals surface area (Å²) in [7, 11) is 1.80. The number of nitrogens with one attached hydrogen (secondary N) is 2. The number of hydrogen-bond donors (Lipinski definition) is 2. The molecule has 1 aliphatic heterocycles. The van der Waals surface area contributed by atoms with Gasteiger partial charge in [0.2, 0.25) is 0 Å². The molecule has 0 saturated carbocycles. The van der Waals surface area contributed by atoms with Crippen molar-refractivity contribution in [3.8, 4) is 11.5 Å². The number of ether oxygens (including phenoxy) is 2. The first kappa shape index (κ1) is 18.6. The molecule has 0 fully saturated rings. The summed E-state index contributed by atoms with van der Waals surface area (Å²) in [5, 5.41) is 6.81. The second-order valence-electron chi connectivity index (χ2n) is 7.03. The zero-order valence-electron chi connectivity index (χ0n) is 15.9. The number of hydrogen-bond acceptors (Lipinski definition) is 4. The van der Waals surface area contributed by atoms with Gasteiger partial charge in [-0.05, 0) is 36.8 Å². The number of fused-ring (bicyclic) bond motifs is 1. The first-order valence-electron chi connectivity index (χ1n) is 8.88. The highest BCUT2D eigenvalue weighted by Gasteiger charge is 2.23. The van der Waals surface area contributed by atoms with Crippen LogP contribution in [-0.2, 0) is 12.0 Å². The highest BCUT2D eigenvalue weighted by atomic mass is 32.1. The van der Waals surface area contributed by atoms with Gasteiger partial charge in [-0.1, -0.05) is 19.9 Å². The Morgan fingerprint density at radius 2 is 1.88 bits per heavy atom. The van der Waals surface area contributed by atoms with Crippen LogP contribution in [0.1, 0.15) is 29.2 Å². The molecule has 3 rings (SSSR count). The summed E-state index contributed by atoms with van der Waals surface area (Å²) < 4.78 is 11.3. The first-order chi connectivity index (χ1) is 12.5. The second kappa shape index (κ2) is 7.99. The van der Waals surface area contributed by atoms with Gasteiger partial charge in [0.15, 0.2) is 17.5 Å². The van der Waals surface area contributed by atoms with E-state index in [1.54, 1.807) is 18.4 Å². The Balaban J connectivity index is 1.59. The van der Waals surface area contributed by atoms with E-state index in [0.717, 1.165) is 30.5 Å². The molecule has 6 heteroatoms. The van der Waals surface area contributed by atoms with Crippen molar-refractivity contribution < 1.29 is 9.47 Å². The van der Waals surface area contributed by atoms with Gasteiger partial charge in [-0.3, -0.25) is 4.99 Å². The summed E-state index contributed by atoms with van der Waals surface area (Å²) in [5.74, 6) is 2.46. The van der Waals surface area contributed by atoms with E-state index < -0.39 is 0 Å². The molecule has 2 heterocycles. The molecule has 5 nitrogen and oxygen atoms in total. The van der Waals surface area contributed by atoms with E-state index in [2.05, 4.69) is 60.7 Å². The molecule has 0 amide bonds. The zero-order chi connectivity index (χ0) is 18.6. The van der Waals surface area contributed by atoms with Gasteiger partial charge in [0.25, 0.3) is 0 Å². The highest BCUT2D eigenvalue weighted by Crippen LogP contribution is 2.34. The number of guanidine groups is 1. The number of nitrogens with zero attached hydrogens (tertiary/aromatic N) is 1. The maximum absolute atomic E-state index is 5.72. The normalized spacial score (nSPS) is 14.2. The predicted molar refractivity (Wildman–Crippen MR) is 108 cm³/mol. The Labute approximate surface area is 159 Å². The molecular formula is C20H27N3O2S. The highest BCUT2D eigenvalue weighted by molar-refractivity contribution is 7.11. The van der Waals surface area contributed by atoms with Crippen molar-refractivity contribution in [1.29, 1.82) is 0 Å². The third kappa shape index (κ3) is 4.49. The molecule has 0 bridgehead atoms. The van der Waals surface area contributed by atoms with Gasteiger partial charge in [0, 0.05) is 28.8 Å². The molecule has 26 heavy (non-hydrogen) atoms. The zero-order valence-corrected chi connectivity index (χ0v) is 16.7. The molecule has 2 N–H and O–H groups in total. The number of benzene rings is 1. The van der Waals surface area contributed by atoms with Gasteiger partial charge in [-0.15, -0.1) is 11.3 Å². The standard InChI is InChI=1S/C20H27N3O2S/c1-14-5-7-16(26-14)12-22-19(21-4)23-13-20(2,3)15-6-8-17-18(11-15)25-10-9-24-17/h5-8,11H,9-10,12-13H2,1-4H3,(H2,21,22,23). The fraction of sp³-hybridized carbons (Fsp3) is 0.450. The Morgan fingerprint density at radius 1 is 1.12 bits per heavy atom. The van der Waals surface area contributed by atoms with Crippen LogP contribution in [0, 0.1) is 6.92 Å². The van der Waals surface area contributed by atoms with Crippen molar-refractivity contribution >= 4 is 17.3 Å². The minimum absolute atomic E-state index is 0.0764. The molecule has 0 atom stereocenters. The minimum atomic E-state index is -0.0764. The van der Waals surface area contributed by atoms with Gasteiger partial charge >= 0.3 is 0 Å². The Kier molecular flexibility index (Phi) is 5.71. The summed E-state index contributed by atoms with van der Waals surface area (Å²) in [6, 6.07) is 10.5. The van der Waals surface area contributed by atoms with Crippen LogP contribution in [0.2, 0.25) is 0 Å². The fourth-order valence-electron chi connectivity index (χ4n) is 2.84. The molecule has 1 aromatic carbocycles. The average molecular weight is 374 g/mol. The molecule has 0 aliphatic carbocycles. The van der Waals surface area contributed by atoms with Crippen LogP contribution >= 0.6 is 11.3 Å². The van der Waals surface area contributed by atoms with Gasteiger partial charge < -0.3 is 20.1 Å². The lowest BCUT2D eigenvalue weighted by molar-refractivity contribution is 0.171. The fourth-order valence-corrected chi connectivity index (χ4v) is 3.67. The van der Waals surface area contributed by atoms with Crippen LogP contribution in [-0.4, -0.2) is 32.8 Å². The van der Waals surface area contributed by atoms with Crippen molar-refractivity contribution in [2.45, 2.75) is 32.7 Å². The van der Waals surface area contributed by atoms with Gasteiger partial charge in [-0.2, -0.15) is 0 Å². The molecule has 140 valence electrons. The van der Waals surface area contributed by atoms with Crippen LogP contribution in [0.5, 0.6) is 11.5 Å². The SMILES string of the molecule is CN=C(NCc1ccc(C)s1)NCC(C)(C)c1ccc2c(c1)OCCO2. The molecule has 2 aromatic rings. The summed E-state index contributed by atoms with van der Waals surface area (Å²) in [4.78, 5) is 6.96. The topological polar surface area (TPSA) is 54.9 Å². The molecule has 0 spiro atoms. The first-order valence-corrected chi connectivity index (χ1v) is 9.69. The van der Waals surface area contributed by atoms with Crippen molar-refractivity contribution in [2.24, 2.45) is 4.99 Å². The summed E-state index contributed by atoms with van der Waals surface area (Å²) >= 11 is 1.80. The van der Waals surface area contributed by atoms with Crippen LogP contribution in [0.4, 0.5) is 0 Å². The molecular weight excluding hydrogens is 346 g/mol. The van der Waals surface area contributed by atoms with E-state index >= 15 is 0 Å². The van der Waals surface area contributed by atoms with Crippen molar-refractivity contribution in [1.82, 2.24) is 10.6 Å². The maximum Gasteiger partial charge on any atom is 0.191 e. The molecule has 0 radical (unpaired) electrons. The quantitative estimate of drug-likeness (QED) is 0.622. The monoisotopic (exact) mass is 373 g/mol. The van der Waals surface area contributed by atoms with E-state index in [4.69, 9.17) is 9.47 Å². The van der Waals surface area contributed by atoms with E-state index in [1.807, 2.05) is 6.07 Å². The molecule has 0 unspecified atom stereocenters. The third-order valence-corrected chi connectivity index (χ3v) is 5.47. The van der Waals surface area contributed by atoms with Crippen LogP contribution in [0.15, 0.2) is 35.3 Å². The largest absolute Gasteiger partial charge is 0.486 e. The maximum atomic E-state index is 5.72. The number of aryl methyl sites for hydroxylation is 1. The lowest BCUT2D eigenvalue weighted by atomic mass is 9.84. The number of thiophene rings is 1. The van der Waals surface area contributed by atoms with E-state index in [1.165, 1.54) is 15.3 Å². The second-order valence-corrected chi connectivity index (χ2v) is 8.41. The lowest BCUT2D eigenvalue weighted by Gasteiger charge is -2.28. The van der Waals surface area contributed by atoms with Crippen LogP contribution < -0.4 is 20.1 Å². The van der Waals surface area contributed by atoms with Gasteiger partial charge in [0.1, 0.15) is 13.2 Å². The van der Waals surface area contributed by atoms with Crippen molar-refractivity contribution in [3.05, 3.63) is 45.6 Å². The van der Waals surface area contributed by atoms with Crippen molar-refractivity contribution in [2.75, 3.05) is 26.8 Å². The summed E-state index contributed by atoms with van der Waals surface area (Å²) in [6.07, 6.45) is 0. The van der Waals surface area contributed by atoms with Gasteiger partial charge in [-0.25, -0.2) is 0 Å².